The van der Waals surface area contributed by atoms with Crippen LogP contribution in [0.3, 0.4) is 0 Å². The molecule has 1 N–H and O–H groups in total. The molecule has 36 heavy (non-hydrogen) atoms. The van der Waals surface area contributed by atoms with Crippen molar-refractivity contribution in [2.45, 2.75) is 65.1 Å². The average molecular weight is 531 g/mol. The monoisotopic (exact) mass is 530 g/mol. The molecule has 3 rings (SSSR count). The van der Waals surface area contributed by atoms with Crippen molar-refractivity contribution in [2.75, 3.05) is 22.8 Å². The summed E-state index contributed by atoms with van der Waals surface area (Å²) in [4.78, 5) is 11.5. The van der Waals surface area contributed by atoms with Gasteiger partial charge >= 0.3 is 12.3 Å². The molecule has 200 valence electrons. The van der Waals surface area contributed by atoms with Crippen molar-refractivity contribution < 1.29 is 35.9 Å². The smallest absolute Gasteiger partial charge is 0.416 e. The van der Waals surface area contributed by atoms with Crippen LogP contribution in [0.25, 0.3) is 0 Å². The Hall–Kier alpha value is -2.95. The van der Waals surface area contributed by atoms with Crippen molar-refractivity contribution in [1.82, 2.24) is 0 Å². The standard InChI is InChI=1S/C20H21F3N2O5S.C5H12/c1-19(2,3)30-18(26)24-14-7-8-17-16(12-14)25(9-10-29-17)31(27,28)15-6-4-5-13(11-15)20(21,22)23;1-5(2,3)4/h4-8,11-12H,9-10H2,1-3H3,(H,24,26);1-4H3. The van der Waals surface area contributed by atoms with Gasteiger partial charge in [0.25, 0.3) is 10.0 Å². The topological polar surface area (TPSA) is 84.9 Å². The molecule has 0 spiro atoms. The lowest BCUT2D eigenvalue weighted by Crippen LogP contribution is -2.38. The minimum atomic E-state index is -4.68. The fraction of sp³-hybridized carbons (Fsp3) is 0.480. The van der Waals surface area contributed by atoms with E-state index >= 15 is 0 Å². The Morgan fingerprint density at radius 3 is 2.17 bits per heavy atom. The van der Waals surface area contributed by atoms with E-state index in [9.17, 15) is 26.4 Å². The van der Waals surface area contributed by atoms with Crippen LogP contribution in [0.4, 0.5) is 29.3 Å². The molecular weight excluding hydrogens is 497 g/mol. The Morgan fingerprint density at radius 2 is 1.61 bits per heavy atom. The number of benzene rings is 2. The van der Waals surface area contributed by atoms with Gasteiger partial charge in [-0.05, 0) is 62.6 Å². The number of hydrogen-bond acceptors (Lipinski definition) is 5. The van der Waals surface area contributed by atoms with Gasteiger partial charge in [0.1, 0.15) is 18.0 Å². The van der Waals surface area contributed by atoms with Crippen LogP contribution in [0.15, 0.2) is 47.4 Å². The number of halogens is 3. The summed E-state index contributed by atoms with van der Waals surface area (Å²) >= 11 is 0. The first-order valence-corrected chi connectivity index (χ1v) is 12.7. The normalized spacial score (nSPS) is 14.1. The SMILES string of the molecule is CC(C)(C)C.CC(C)(C)OC(=O)Nc1ccc2c(c1)N(S(=O)(=O)c1cccc(C(F)(F)F)c1)CCO2. The highest BCUT2D eigenvalue weighted by Crippen LogP contribution is 2.38. The summed E-state index contributed by atoms with van der Waals surface area (Å²) in [5, 5.41) is 2.50. The molecule has 1 amide bonds. The molecule has 2 aromatic carbocycles. The van der Waals surface area contributed by atoms with Crippen LogP contribution < -0.4 is 14.4 Å². The lowest BCUT2D eigenvalue weighted by atomic mass is 10.0. The zero-order valence-electron chi connectivity index (χ0n) is 21.5. The Kier molecular flexibility index (Phi) is 8.60. The van der Waals surface area contributed by atoms with Gasteiger partial charge in [0.05, 0.1) is 22.7 Å². The Morgan fingerprint density at radius 1 is 1.00 bits per heavy atom. The summed E-state index contributed by atoms with van der Waals surface area (Å²) in [6, 6.07) is 7.87. The Labute approximate surface area is 210 Å². The Bertz CT molecular complexity index is 1180. The number of sulfonamides is 1. The first-order chi connectivity index (χ1) is 16.3. The third-order valence-corrected chi connectivity index (χ3v) is 5.98. The first kappa shape index (κ1) is 29.3. The maximum absolute atomic E-state index is 13.1. The second-order valence-corrected chi connectivity index (χ2v) is 12.6. The van der Waals surface area contributed by atoms with Gasteiger partial charge in [-0.3, -0.25) is 9.62 Å². The van der Waals surface area contributed by atoms with Crippen molar-refractivity contribution in [1.29, 1.82) is 0 Å². The lowest BCUT2D eigenvalue weighted by molar-refractivity contribution is -0.137. The highest BCUT2D eigenvalue weighted by Gasteiger charge is 2.35. The highest BCUT2D eigenvalue weighted by molar-refractivity contribution is 7.92. The summed E-state index contributed by atoms with van der Waals surface area (Å²) in [5.74, 6) is 0.219. The van der Waals surface area contributed by atoms with Gasteiger partial charge in [-0.2, -0.15) is 13.2 Å². The van der Waals surface area contributed by atoms with Crippen molar-refractivity contribution in [2.24, 2.45) is 5.41 Å². The number of carbonyl (C=O) groups is 1. The zero-order chi connectivity index (χ0) is 27.5. The van der Waals surface area contributed by atoms with Gasteiger partial charge < -0.3 is 9.47 Å². The molecule has 0 bridgehead atoms. The molecular formula is C25H33F3N2O5S. The second-order valence-electron chi connectivity index (χ2n) is 10.8. The van der Waals surface area contributed by atoms with E-state index in [2.05, 4.69) is 33.0 Å². The van der Waals surface area contributed by atoms with Crippen LogP contribution in [-0.2, 0) is 20.9 Å². The highest BCUT2D eigenvalue weighted by atomic mass is 32.2. The van der Waals surface area contributed by atoms with Gasteiger partial charge in [0, 0.05) is 5.69 Å². The summed E-state index contributed by atoms with van der Waals surface area (Å²) < 4.78 is 77.0. The van der Waals surface area contributed by atoms with E-state index in [4.69, 9.17) is 9.47 Å². The van der Waals surface area contributed by atoms with Crippen molar-refractivity contribution in [3.05, 3.63) is 48.0 Å². The van der Waals surface area contributed by atoms with Crippen LogP contribution in [-0.4, -0.2) is 33.3 Å². The number of nitrogens with zero attached hydrogens (tertiary/aromatic N) is 1. The quantitative estimate of drug-likeness (QED) is 0.478. The minimum Gasteiger partial charge on any atom is -0.489 e. The van der Waals surface area contributed by atoms with Crippen LogP contribution in [0.1, 0.15) is 54.0 Å². The van der Waals surface area contributed by atoms with Crippen LogP contribution in [0, 0.1) is 5.41 Å². The third kappa shape index (κ3) is 8.61. The second kappa shape index (κ2) is 10.6. The van der Waals surface area contributed by atoms with Gasteiger partial charge in [0.15, 0.2) is 0 Å². The average Bonchev–Trinajstić information content (AvgIpc) is 2.70. The number of amides is 1. The molecule has 0 saturated heterocycles. The summed E-state index contributed by atoms with van der Waals surface area (Å²) in [7, 11) is -4.32. The molecule has 1 aliphatic heterocycles. The number of rotatable bonds is 3. The van der Waals surface area contributed by atoms with Crippen molar-refractivity contribution in [3.63, 3.8) is 0 Å². The fourth-order valence-electron chi connectivity index (χ4n) is 2.90. The van der Waals surface area contributed by atoms with Gasteiger partial charge in [0.2, 0.25) is 0 Å². The minimum absolute atomic E-state index is 0.0179. The maximum Gasteiger partial charge on any atom is 0.416 e. The molecule has 2 aromatic rings. The number of carbonyl (C=O) groups excluding carboxylic acids is 1. The number of nitrogens with one attached hydrogen (secondary N) is 1. The zero-order valence-corrected chi connectivity index (χ0v) is 22.3. The molecule has 1 heterocycles. The molecule has 11 heteroatoms. The Balaban J connectivity index is 0.000000830. The molecule has 0 unspecified atom stereocenters. The third-order valence-electron chi connectivity index (χ3n) is 4.17. The number of anilines is 2. The summed E-state index contributed by atoms with van der Waals surface area (Å²) in [6.45, 7) is 13.7. The molecule has 0 atom stereocenters. The largest absolute Gasteiger partial charge is 0.489 e. The maximum atomic E-state index is 13.1. The van der Waals surface area contributed by atoms with E-state index in [1.54, 1.807) is 20.8 Å². The molecule has 0 aliphatic carbocycles. The lowest BCUT2D eigenvalue weighted by Gasteiger charge is -2.31. The predicted molar refractivity (Wildman–Crippen MR) is 133 cm³/mol. The molecule has 1 aliphatic rings. The van der Waals surface area contributed by atoms with Gasteiger partial charge in [-0.25, -0.2) is 13.2 Å². The summed E-state index contributed by atoms with van der Waals surface area (Å²) in [6.07, 6.45) is -5.42. The van der Waals surface area contributed by atoms with Gasteiger partial charge in [-0.1, -0.05) is 33.8 Å². The van der Waals surface area contributed by atoms with E-state index in [0.29, 0.717) is 11.5 Å². The van der Waals surface area contributed by atoms with E-state index in [1.807, 2.05) is 0 Å². The molecule has 0 radical (unpaired) electrons. The van der Waals surface area contributed by atoms with Crippen LogP contribution >= 0.6 is 0 Å². The molecule has 0 aromatic heterocycles. The van der Waals surface area contributed by atoms with E-state index < -0.39 is 38.4 Å². The van der Waals surface area contributed by atoms with E-state index in [0.717, 1.165) is 22.5 Å². The number of alkyl halides is 3. The predicted octanol–water partition coefficient (Wildman–Crippen LogP) is 6.69. The number of ether oxygens (including phenoxy) is 2. The molecule has 0 saturated carbocycles. The number of fused-ring (bicyclic) bond motifs is 1. The van der Waals surface area contributed by atoms with Crippen LogP contribution in [0.2, 0.25) is 0 Å². The van der Waals surface area contributed by atoms with Crippen LogP contribution in [0.5, 0.6) is 5.75 Å². The van der Waals surface area contributed by atoms with Crippen molar-refractivity contribution >= 4 is 27.5 Å². The van der Waals surface area contributed by atoms with Gasteiger partial charge in [-0.15, -0.1) is 0 Å². The first-order valence-electron chi connectivity index (χ1n) is 11.2. The fourth-order valence-corrected chi connectivity index (χ4v) is 4.40. The van der Waals surface area contributed by atoms with E-state index in [-0.39, 0.29) is 30.3 Å². The van der Waals surface area contributed by atoms with E-state index in [1.165, 1.54) is 18.2 Å². The molecule has 0 fully saturated rings. The molecule has 7 nitrogen and oxygen atoms in total. The van der Waals surface area contributed by atoms with Crippen molar-refractivity contribution in [3.8, 4) is 5.75 Å². The number of hydrogen-bond donors (Lipinski definition) is 1. The summed E-state index contributed by atoms with van der Waals surface area (Å²) in [5.41, 5.74) is -0.970.